The SMILES string of the molecule is CC(C)C1NC(=O)N(c2cccc3ccccc23)C1=O. The molecular formula is C16H16N2O2. The van der Waals surface area contributed by atoms with Crippen molar-refractivity contribution < 1.29 is 9.59 Å². The van der Waals surface area contributed by atoms with Crippen LogP contribution in [0.25, 0.3) is 10.8 Å². The number of nitrogens with zero attached hydrogens (tertiary/aromatic N) is 1. The number of anilines is 1. The first-order valence-corrected chi connectivity index (χ1v) is 6.72. The Hall–Kier alpha value is -2.36. The molecule has 4 nitrogen and oxygen atoms in total. The van der Waals surface area contributed by atoms with Gasteiger partial charge in [0.2, 0.25) is 0 Å². The third-order valence-electron chi connectivity index (χ3n) is 3.64. The molecular weight excluding hydrogens is 252 g/mol. The smallest absolute Gasteiger partial charge is 0.325 e. The lowest BCUT2D eigenvalue weighted by Crippen LogP contribution is -2.34. The molecule has 3 rings (SSSR count). The van der Waals surface area contributed by atoms with Crippen molar-refractivity contribution in [2.45, 2.75) is 19.9 Å². The van der Waals surface area contributed by atoms with Crippen LogP contribution in [0.15, 0.2) is 42.5 Å². The standard InChI is InChI=1S/C16H16N2O2/c1-10(2)14-15(19)18(16(20)17-14)13-9-5-7-11-6-3-4-8-12(11)13/h3-10,14H,1-2H3,(H,17,20). The van der Waals surface area contributed by atoms with Crippen molar-refractivity contribution in [2.75, 3.05) is 4.90 Å². The lowest BCUT2D eigenvalue weighted by Gasteiger charge is -2.16. The van der Waals surface area contributed by atoms with Crippen LogP contribution < -0.4 is 10.2 Å². The summed E-state index contributed by atoms with van der Waals surface area (Å²) in [7, 11) is 0. The predicted molar refractivity (Wildman–Crippen MR) is 78.6 cm³/mol. The number of carbonyl (C=O) groups excluding carboxylic acids is 2. The monoisotopic (exact) mass is 268 g/mol. The highest BCUT2D eigenvalue weighted by Crippen LogP contribution is 2.29. The fraction of sp³-hybridized carbons (Fsp3) is 0.250. The molecule has 0 saturated carbocycles. The maximum absolute atomic E-state index is 12.4. The average molecular weight is 268 g/mol. The zero-order valence-electron chi connectivity index (χ0n) is 11.5. The van der Waals surface area contributed by atoms with Gasteiger partial charge in [0.15, 0.2) is 0 Å². The van der Waals surface area contributed by atoms with Crippen molar-refractivity contribution in [1.29, 1.82) is 0 Å². The highest BCUT2D eigenvalue weighted by atomic mass is 16.2. The lowest BCUT2D eigenvalue weighted by atomic mass is 10.0. The summed E-state index contributed by atoms with van der Waals surface area (Å²) in [6.07, 6.45) is 0. The minimum Gasteiger partial charge on any atom is -0.325 e. The lowest BCUT2D eigenvalue weighted by molar-refractivity contribution is -0.119. The highest BCUT2D eigenvalue weighted by molar-refractivity contribution is 6.24. The van der Waals surface area contributed by atoms with E-state index in [1.807, 2.05) is 56.3 Å². The summed E-state index contributed by atoms with van der Waals surface area (Å²) < 4.78 is 0. The number of hydrogen-bond acceptors (Lipinski definition) is 2. The molecule has 1 heterocycles. The van der Waals surface area contributed by atoms with Crippen LogP contribution in [0.5, 0.6) is 0 Å². The summed E-state index contributed by atoms with van der Waals surface area (Å²) >= 11 is 0. The molecule has 102 valence electrons. The summed E-state index contributed by atoms with van der Waals surface area (Å²) in [6, 6.07) is 12.6. The molecule has 1 unspecified atom stereocenters. The first kappa shape index (κ1) is 12.7. The van der Waals surface area contributed by atoms with Gasteiger partial charge in [0, 0.05) is 5.39 Å². The third kappa shape index (κ3) is 1.84. The number of urea groups is 1. The number of fused-ring (bicyclic) bond motifs is 1. The van der Waals surface area contributed by atoms with Gasteiger partial charge in [-0.05, 0) is 17.4 Å². The molecule has 0 bridgehead atoms. The topological polar surface area (TPSA) is 49.4 Å². The Morgan fingerprint density at radius 1 is 1.05 bits per heavy atom. The van der Waals surface area contributed by atoms with Crippen LogP contribution >= 0.6 is 0 Å². The van der Waals surface area contributed by atoms with Gasteiger partial charge in [0.25, 0.3) is 5.91 Å². The van der Waals surface area contributed by atoms with Crippen molar-refractivity contribution in [2.24, 2.45) is 5.92 Å². The van der Waals surface area contributed by atoms with E-state index in [1.54, 1.807) is 0 Å². The van der Waals surface area contributed by atoms with Crippen LogP contribution in [0.4, 0.5) is 10.5 Å². The Labute approximate surface area is 117 Å². The molecule has 1 atom stereocenters. The Morgan fingerprint density at radius 2 is 1.75 bits per heavy atom. The number of rotatable bonds is 2. The van der Waals surface area contributed by atoms with Crippen LogP contribution in [0.3, 0.4) is 0 Å². The molecule has 1 aliphatic heterocycles. The van der Waals surface area contributed by atoms with E-state index in [0.717, 1.165) is 10.8 Å². The molecule has 0 aliphatic carbocycles. The number of nitrogens with one attached hydrogen (secondary N) is 1. The second-order valence-corrected chi connectivity index (χ2v) is 5.34. The van der Waals surface area contributed by atoms with Crippen LogP contribution in [-0.2, 0) is 4.79 Å². The molecule has 0 radical (unpaired) electrons. The van der Waals surface area contributed by atoms with E-state index >= 15 is 0 Å². The third-order valence-corrected chi connectivity index (χ3v) is 3.64. The van der Waals surface area contributed by atoms with E-state index in [9.17, 15) is 9.59 Å². The molecule has 2 aromatic rings. The molecule has 2 aromatic carbocycles. The van der Waals surface area contributed by atoms with Gasteiger partial charge in [-0.3, -0.25) is 4.79 Å². The Kier molecular flexibility index (Phi) is 2.93. The van der Waals surface area contributed by atoms with E-state index in [2.05, 4.69) is 5.32 Å². The van der Waals surface area contributed by atoms with Gasteiger partial charge >= 0.3 is 6.03 Å². The van der Waals surface area contributed by atoms with Crippen molar-refractivity contribution in [3.63, 3.8) is 0 Å². The van der Waals surface area contributed by atoms with E-state index < -0.39 is 6.04 Å². The minimum absolute atomic E-state index is 0.0754. The van der Waals surface area contributed by atoms with E-state index in [-0.39, 0.29) is 17.9 Å². The summed E-state index contributed by atoms with van der Waals surface area (Å²) in [5.74, 6) is -0.104. The minimum atomic E-state index is -0.443. The normalized spacial score (nSPS) is 18.9. The van der Waals surface area contributed by atoms with E-state index in [0.29, 0.717) is 5.69 Å². The van der Waals surface area contributed by atoms with E-state index in [1.165, 1.54) is 4.90 Å². The largest absolute Gasteiger partial charge is 0.329 e. The zero-order chi connectivity index (χ0) is 14.3. The average Bonchev–Trinajstić information content (AvgIpc) is 2.74. The van der Waals surface area contributed by atoms with Crippen LogP contribution in [-0.4, -0.2) is 18.0 Å². The Morgan fingerprint density at radius 3 is 2.45 bits per heavy atom. The van der Waals surface area contributed by atoms with Crippen molar-refractivity contribution >= 4 is 28.4 Å². The number of carbonyl (C=O) groups is 2. The number of hydrogen-bond donors (Lipinski definition) is 1. The van der Waals surface area contributed by atoms with Crippen LogP contribution in [0, 0.1) is 5.92 Å². The van der Waals surface area contributed by atoms with Gasteiger partial charge in [-0.2, -0.15) is 0 Å². The van der Waals surface area contributed by atoms with Gasteiger partial charge in [0.1, 0.15) is 6.04 Å². The molecule has 0 spiro atoms. The summed E-state index contributed by atoms with van der Waals surface area (Å²) in [4.78, 5) is 25.8. The fourth-order valence-corrected chi connectivity index (χ4v) is 2.58. The first-order valence-electron chi connectivity index (χ1n) is 6.72. The molecule has 0 aromatic heterocycles. The Bertz CT molecular complexity index is 688. The Balaban J connectivity index is 2.12. The highest BCUT2D eigenvalue weighted by Gasteiger charge is 2.40. The second kappa shape index (κ2) is 4.63. The molecule has 4 heteroatoms. The fourth-order valence-electron chi connectivity index (χ4n) is 2.58. The summed E-state index contributed by atoms with van der Waals surface area (Å²) in [5.41, 5.74) is 0.647. The van der Waals surface area contributed by atoms with Crippen LogP contribution in [0.2, 0.25) is 0 Å². The van der Waals surface area contributed by atoms with Gasteiger partial charge < -0.3 is 5.32 Å². The number of amides is 3. The van der Waals surface area contributed by atoms with Crippen molar-refractivity contribution in [3.8, 4) is 0 Å². The molecule has 1 fully saturated rings. The predicted octanol–water partition coefficient (Wildman–Crippen LogP) is 2.92. The van der Waals surface area contributed by atoms with Crippen molar-refractivity contribution in [3.05, 3.63) is 42.5 Å². The molecule has 20 heavy (non-hydrogen) atoms. The van der Waals surface area contributed by atoms with Gasteiger partial charge in [-0.1, -0.05) is 50.2 Å². The summed E-state index contributed by atoms with van der Waals surface area (Å²) in [6.45, 7) is 3.85. The van der Waals surface area contributed by atoms with Crippen molar-refractivity contribution in [1.82, 2.24) is 5.32 Å². The molecule has 1 N–H and O–H groups in total. The maximum atomic E-state index is 12.4. The molecule has 1 aliphatic rings. The van der Waals surface area contributed by atoms with Crippen LogP contribution in [0.1, 0.15) is 13.8 Å². The molecule has 1 saturated heterocycles. The second-order valence-electron chi connectivity index (χ2n) is 5.34. The molecule has 3 amide bonds. The first-order chi connectivity index (χ1) is 9.59. The quantitative estimate of drug-likeness (QED) is 0.851. The van der Waals surface area contributed by atoms with E-state index in [4.69, 9.17) is 0 Å². The maximum Gasteiger partial charge on any atom is 0.329 e. The van der Waals surface area contributed by atoms with Gasteiger partial charge in [-0.15, -0.1) is 0 Å². The zero-order valence-corrected chi connectivity index (χ0v) is 11.5. The number of benzene rings is 2. The van der Waals surface area contributed by atoms with Gasteiger partial charge in [0.05, 0.1) is 5.69 Å². The summed E-state index contributed by atoms with van der Waals surface area (Å²) in [5, 5.41) is 4.67. The number of imide groups is 1. The van der Waals surface area contributed by atoms with Gasteiger partial charge in [-0.25, -0.2) is 9.69 Å².